The summed E-state index contributed by atoms with van der Waals surface area (Å²) in [5, 5.41) is 1.26. The van der Waals surface area contributed by atoms with Crippen LogP contribution in [0, 0.1) is 27.7 Å². The first-order chi connectivity index (χ1) is 19.4. The molecule has 0 radical (unpaired) electrons. The summed E-state index contributed by atoms with van der Waals surface area (Å²) in [7, 11) is 0. The number of aryl methyl sites for hydroxylation is 4. The van der Waals surface area contributed by atoms with E-state index < -0.39 is 0 Å². The summed E-state index contributed by atoms with van der Waals surface area (Å²) in [4.78, 5) is 2.55. The summed E-state index contributed by atoms with van der Waals surface area (Å²) in [6, 6.07) is 43.4. The number of aromatic nitrogens is 1. The minimum absolute atomic E-state index is 0.259. The van der Waals surface area contributed by atoms with Gasteiger partial charge in [-0.05, 0) is 93.3 Å². The van der Waals surface area contributed by atoms with Crippen LogP contribution in [-0.2, 0) is 6.42 Å². The number of rotatable bonds is 4. The van der Waals surface area contributed by atoms with Crippen LogP contribution >= 0.6 is 0 Å². The van der Waals surface area contributed by atoms with Crippen molar-refractivity contribution in [3.8, 4) is 16.9 Å². The second-order valence-corrected chi connectivity index (χ2v) is 11.4. The molecule has 2 nitrogen and oxygen atoms in total. The van der Waals surface area contributed by atoms with Crippen molar-refractivity contribution in [3.63, 3.8) is 0 Å². The molecule has 2 heteroatoms. The highest BCUT2D eigenvalue weighted by molar-refractivity contribution is 5.94. The molecule has 0 bridgehead atoms. The molecule has 1 aliphatic heterocycles. The van der Waals surface area contributed by atoms with Crippen molar-refractivity contribution in [2.75, 3.05) is 4.90 Å². The number of nitrogens with zero attached hydrogens (tertiary/aromatic N) is 2. The molecule has 196 valence electrons. The molecule has 0 amide bonds. The Bertz CT molecular complexity index is 1820. The van der Waals surface area contributed by atoms with Crippen molar-refractivity contribution in [1.82, 2.24) is 4.57 Å². The van der Waals surface area contributed by atoms with Crippen molar-refractivity contribution < 1.29 is 0 Å². The van der Waals surface area contributed by atoms with Gasteiger partial charge in [-0.1, -0.05) is 95.1 Å². The number of hydrogen-bond donors (Lipinski definition) is 0. The Kier molecular flexibility index (Phi) is 5.86. The minimum Gasteiger partial charge on any atom is -0.333 e. The lowest BCUT2D eigenvalue weighted by atomic mass is 10.0. The molecule has 1 aliphatic rings. The Morgan fingerprint density at radius 1 is 0.550 bits per heavy atom. The van der Waals surface area contributed by atoms with E-state index in [0.717, 1.165) is 6.42 Å². The van der Waals surface area contributed by atoms with E-state index in [4.69, 9.17) is 0 Å². The van der Waals surface area contributed by atoms with Gasteiger partial charge in [-0.15, -0.1) is 0 Å². The molecule has 0 spiro atoms. The van der Waals surface area contributed by atoms with Gasteiger partial charge in [0.25, 0.3) is 0 Å². The maximum absolute atomic E-state index is 2.55. The van der Waals surface area contributed by atoms with Crippen molar-refractivity contribution in [1.29, 1.82) is 0 Å². The highest BCUT2D eigenvalue weighted by Crippen LogP contribution is 2.48. The van der Waals surface area contributed by atoms with Crippen molar-refractivity contribution >= 4 is 22.3 Å². The highest BCUT2D eigenvalue weighted by Gasteiger charge is 2.33. The van der Waals surface area contributed by atoms with Gasteiger partial charge in [0.05, 0.1) is 17.3 Å². The van der Waals surface area contributed by atoms with E-state index >= 15 is 0 Å². The Balaban J connectivity index is 1.45. The third kappa shape index (κ3) is 4.21. The first-order valence-corrected chi connectivity index (χ1v) is 14.2. The second-order valence-electron chi connectivity index (χ2n) is 11.4. The Morgan fingerprint density at radius 3 is 1.68 bits per heavy atom. The number of hydrogen-bond acceptors (Lipinski definition) is 1. The summed E-state index contributed by atoms with van der Waals surface area (Å²) < 4.78 is 2.44. The molecular formula is C38H34N2. The molecule has 0 saturated heterocycles. The number of fused-ring (bicyclic) bond motifs is 2. The summed E-state index contributed by atoms with van der Waals surface area (Å²) in [6.45, 7) is 8.61. The molecule has 0 aliphatic carbocycles. The third-order valence-electron chi connectivity index (χ3n) is 8.40. The van der Waals surface area contributed by atoms with Gasteiger partial charge in [0, 0.05) is 22.4 Å². The number of anilines is 2. The van der Waals surface area contributed by atoms with Crippen LogP contribution in [0.15, 0.2) is 115 Å². The van der Waals surface area contributed by atoms with Gasteiger partial charge in [0.1, 0.15) is 0 Å². The second kappa shape index (κ2) is 9.57. The maximum atomic E-state index is 2.55. The standard InChI is InChI=1S/C38H34N2/c1-25-5-13-29(14-6-25)35-21-31-23-38-32(24-37(31)39(35)33-17-9-27(3)10-18-33)22-36(30-15-7-26(2)8-16-30)40(38)34-19-11-28(4)12-20-34/h5-21,23-24,36H,22H2,1-4H3. The first kappa shape index (κ1) is 24.5. The third-order valence-corrected chi connectivity index (χ3v) is 8.40. The van der Waals surface area contributed by atoms with Gasteiger partial charge in [-0.3, -0.25) is 0 Å². The molecule has 7 rings (SSSR count). The molecule has 1 unspecified atom stereocenters. The first-order valence-electron chi connectivity index (χ1n) is 14.2. The molecule has 0 saturated carbocycles. The van der Waals surface area contributed by atoms with Crippen LogP contribution in [0.1, 0.15) is 39.4 Å². The van der Waals surface area contributed by atoms with Gasteiger partial charge in [-0.2, -0.15) is 0 Å². The highest BCUT2D eigenvalue weighted by atomic mass is 15.2. The zero-order valence-electron chi connectivity index (χ0n) is 23.6. The molecule has 0 N–H and O–H groups in total. The normalized spacial score (nSPS) is 14.6. The molecule has 1 atom stereocenters. The van der Waals surface area contributed by atoms with E-state index in [1.807, 2.05) is 0 Å². The van der Waals surface area contributed by atoms with Gasteiger partial charge in [0.2, 0.25) is 0 Å². The van der Waals surface area contributed by atoms with Gasteiger partial charge in [-0.25, -0.2) is 0 Å². The minimum atomic E-state index is 0.259. The van der Waals surface area contributed by atoms with E-state index in [2.05, 4.69) is 152 Å². The average Bonchev–Trinajstić information content (AvgIpc) is 3.51. The molecule has 5 aromatic carbocycles. The predicted octanol–water partition coefficient (Wildman–Crippen LogP) is 9.97. The monoisotopic (exact) mass is 518 g/mol. The average molecular weight is 519 g/mol. The van der Waals surface area contributed by atoms with Crippen molar-refractivity contribution in [2.24, 2.45) is 0 Å². The lowest BCUT2D eigenvalue weighted by molar-refractivity contribution is 0.743. The van der Waals surface area contributed by atoms with E-state index in [9.17, 15) is 0 Å². The fourth-order valence-corrected chi connectivity index (χ4v) is 6.13. The quantitative estimate of drug-likeness (QED) is 0.225. The smallest absolute Gasteiger partial charge is 0.0632 e. The number of benzene rings is 5. The Morgan fingerprint density at radius 2 is 1.07 bits per heavy atom. The van der Waals surface area contributed by atoms with E-state index in [0.29, 0.717) is 0 Å². The molecular weight excluding hydrogens is 484 g/mol. The van der Waals surface area contributed by atoms with Crippen LogP contribution in [-0.4, -0.2) is 4.57 Å². The van der Waals surface area contributed by atoms with E-state index in [1.54, 1.807) is 0 Å². The predicted molar refractivity (Wildman–Crippen MR) is 169 cm³/mol. The van der Waals surface area contributed by atoms with E-state index in [-0.39, 0.29) is 6.04 Å². The summed E-state index contributed by atoms with van der Waals surface area (Å²) in [5.74, 6) is 0. The molecule has 2 heterocycles. The van der Waals surface area contributed by atoms with Crippen LogP contribution in [0.4, 0.5) is 11.4 Å². The van der Waals surface area contributed by atoms with E-state index in [1.165, 1.54) is 72.6 Å². The molecule has 6 aromatic rings. The maximum Gasteiger partial charge on any atom is 0.0632 e. The Labute approximate surface area is 237 Å². The largest absolute Gasteiger partial charge is 0.333 e. The van der Waals surface area contributed by atoms with Crippen LogP contribution in [0.2, 0.25) is 0 Å². The van der Waals surface area contributed by atoms with Crippen LogP contribution in [0.5, 0.6) is 0 Å². The van der Waals surface area contributed by atoms with Crippen molar-refractivity contribution in [3.05, 3.63) is 149 Å². The fourth-order valence-electron chi connectivity index (χ4n) is 6.13. The van der Waals surface area contributed by atoms with Crippen LogP contribution in [0.25, 0.3) is 27.8 Å². The molecule has 40 heavy (non-hydrogen) atoms. The fraction of sp³-hybridized carbons (Fsp3) is 0.158. The topological polar surface area (TPSA) is 8.17 Å². The molecule has 0 fully saturated rings. The van der Waals surface area contributed by atoms with Crippen LogP contribution < -0.4 is 4.90 Å². The van der Waals surface area contributed by atoms with Crippen LogP contribution in [0.3, 0.4) is 0 Å². The molecule has 1 aromatic heterocycles. The summed E-state index contributed by atoms with van der Waals surface area (Å²) in [6.07, 6.45) is 0.973. The lowest BCUT2D eigenvalue weighted by Crippen LogP contribution is -2.19. The van der Waals surface area contributed by atoms with Gasteiger partial charge < -0.3 is 9.47 Å². The zero-order chi connectivity index (χ0) is 27.4. The SMILES string of the molecule is Cc1ccc(-c2cc3cc4c(cc3n2-c2ccc(C)cc2)CC(c2ccc(C)cc2)N4c2ccc(C)cc2)cc1. The summed E-state index contributed by atoms with van der Waals surface area (Å²) >= 11 is 0. The Hall–Kier alpha value is -4.56. The van der Waals surface area contributed by atoms with Crippen molar-refractivity contribution in [2.45, 2.75) is 40.2 Å². The van der Waals surface area contributed by atoms with Gasteiger partial charge in [0.15, 0.2) is 0 Å². The zero-order valence-corrected chi connectivity index (χ0v) is 23.6. The summed E-state index contributed by atoms with van der Waals surface area (Å²) in [5.41, 5.74) is 15.3. The lowest BCUT2D eigenvalue weighted by Gasteiger charge is -2.28. The van der Waals surface area contributed by atoms with Gasteiger partial charge >= 0.3 is 0 Å².